The molecule has 5 nitrogen and oxygen atoms in total. The van der Waals surface area contributed by atoms with E-state index in [4.69, 9.17) is 0 Å². The van der Waals surface area contributed by atoms with Gasteiger partial charge in [0, 0.05) is 18.1 Å². The minimum atomic E-state index is -0.687. The van der Waals surface area contributed by atoms with Crippen LogP contribution in [0.25, 0.3) is 5.69 Å². The van der Waals surface area contributed by atoms with Gasteiger partial charge in [0.25, 0.3) is 5.91 Å². The first-order chi connectivity index (χ1) is 10.2. The van der Waals surface area contributed by atoms with Gasteiger partial charge in [0.1, 0.15) is 5.69 Å². The lowest BCUT2D eigenvalue weighted by atomic mass is 10.2. The molecule has 1 N–H and O–H groups in total. The highest BCUT2D eigenvalue weighted by molar-refractivity contribution is 6.02. The van der Waals surface area contributed by atoms with E-state index < -0.39 is 11.9 Å². The van der Waals surface area contributed by atoms with E-state index in [0.29, 0.717) is 5.69 Å². The summed E-state index contributed by atoms with van der Waals surface area (Å²) in [7, 11) is 0. The second-order valence-electron chi connectivity index (χ2n) is 4.30. The van der Waals surface area contributed by atoms with E-state index in [1.54, 1.807) is 35.3 Å². The Morgan fingerprint density at radius 2 is 2.00 bits per heavy atom. The number of anilines is 1. The van der Waals surface area contributed by atoms with Gasteiger partial charge in [-0.1, -0.05) is 12.1 Å². The highest BCUT2D eigenvalue weighted by Gasteiger charge is 2.09. The van der Waals surface area contributed by atoms with E-state index in [0.717, 1.165) is 5.69 Å². The van der Waals surface area contributed by atoms with Gasteiger partial charge >= 0.3 is 0 Å². The number of nitrogens with zero attached hydrogens (tertiary/aromatic N) is 3. The number of carbonyl (C=O) groups is 1. The van der Waals surface area contributed by atoms with E-state index in [-0.39, 0.29) is 5.69 Å². The first-order valence-corrected chi connectivity index (χ1v) is 6.26. The van der Waals surface area contributed by atoms with Gasteiger partial charge in [-0.15, -0.1) is 0 Å². The quantitative estimate of drug-likeness (QED) is 0.751. The molecule has 0 fully saturated rings. The lowest BCUT2D eigenvalue weighted by Crippen LogP contribution is -2.14. The molecule has 0 spiro atoms. The molecule has 0 atom stereocenters. The monoisotopic (exact) mass is 282 g/mol. The SMILES string of the molecule is O=C(Nc1cccc(-n2cccn2)c1)c1cccc(F)n1. The standard InChI is InChI=1S/C15H11FN4O/c16-14-7-2-6-13(19-14)15(21)18-11-4-1-5-12(10-11)20-9-3-8-17-20/h1-10H,(H,18,21). The Labute approximate surface area is 120 Å². The van der Waals surface area contributed by atoms with E-state index in [9.17, 15) is 9.18 Å². The first-order valence-electron chi connectivity index (χ1n) is 6.26. The number of pyridine rings is 1. The molecule has 1 aromatic carbocycles. The Kier molecular flexibility index (Phi) is 3.42. The molecule has 0 saturated carbocycles. The molecule has 2 heterocycles. The van der Waals surface area contributed by atoms with E-state index in [2.05, 4.69) is 15.4 Å². The van der Waals surface area contributed by atoms with Crippen LogP contribution >= 0.6 is 0 Å². The number of amides is 1. The number of hydrogen-bond acceptors (Lipinski definition) is 3. The average molecular weight is 282 g/mol. The summed E-state index contributed by atoms with van der Waals surface area (Å²) in [6, 6.07) is 13.1. The van der Waals surface area contributed by atoms with Crippen molar-refractivity contribution in [1.29, 1.82) is 0 Å². The van der Waals surface area contributed by atoms with E-state index in [1.165, 1.54) is 18.2 Å². The zero-order chi connectivity index (χ0) is 14.7. The summed E-state index contributed by atoms with van der Waals surface area (Å²) in [4.78, 5) is 15.5. The number of rotatable bonds is 3. The van der Waals surface area contributed by atoms with Crippen LogP contribution in [0.4, 0.5) is 10.1 Å². The predicted molar refractivity (Wildman–Crippen MR) is 75.7 cm³/mol. The Hall–Kier alpha value is -3.02. The highest BCUT2D eigenvalue weighted by atomic mass is 19.1. The highest BCUT2D eigenvalue weighted by Crippen LogP contribution is 2.14. The van der Waals surface area contributed by atoms with Gasteiger partial charge in [-0.25, -0.2) is 9.67 Å². The summed E-state index contributed by atoms with van der Waals surface area (Å²) in [5.41, 5.74) is 1.42. The van der Waals surface area contributed by atoms with Crippen molar-refractivity contribution in [3.63, 3.8) is 0 Å². The van der Waals surface area contributed by atoms with Gasteiger partial charge in [-0.3, -0.25) is 4.79 Å². The van der Waals surface area contributed by atoms with Gasteiger partial charge in [-0.2, -0.15) is 9.49 Å². The Morgan fingerprint density at radius 3 is 2.76 bits per heavy atom. The molecule has 0 radical (unpaired) electrons. The minimum absolute atomic E-state index is 0.0273. The van der Waals surface area contributed by atoms with Crippen LogP contribution in [0, 0.1) is 5.95 Å². The van der Waals surface area contributed by atoms with Crippen molar-refractivity contribution < 1.29 is 9.18 Å². The smallest absolute Gasteiger partial charge is 0.274 e. The summed E-state index contributed by atoms with van der Waals surface area (Å²) in [6.07, 6.45) is 3.47. The van der Waals surface area contributed by atoms with E-state index in [1.807, 2.05) is 12.1 Å². The Balaban J connectivity index is 1.82. The third kappa shape index (κ3) is 2.94. The fourth-order valence-electron chi connectivity index (χ4n) is 1.88. The molecule has 0 bridgehead atoms. The number of benzene rings is 1. The fourth-order valence-corrected chi connectivity index (χ4v) is 1.88. The van der Waals surface area contributed by atoms with Crippen molar-refractivity contribution in [3.8, 4) is 5.69 Å². The molecular formula is C15H11FN4O. The van der Waals surface area contributed by atoms with Crippen molar-refractivity contribution in [2.24, 2.45) is 0 Å². The maximum atomic E-state index is 13.0. The zero-order valence-electron chi connectivity index (χ0n) is 10.9. The van der Waals surface area contributed by atoms with Crippen molar-refractivity contribution in [2.75, 3.05) is 5.32 Å². The second-order valence-corrected chi connectivity index (χ2v) is 4.30. The molecule has 3 aromatic rings. The summed E-state index contributed by atoms with van der Waals surface area (Å²) >= 11 is 0. The lowest BCUT2D eigenvalue weighted by Gasteiger charge is -2.07. The minimum Gasteiger partial charge on any atom is -0.321 e. The molecule has 0 aliphatic rings. The normalized spacial score (nSPS) is 10.3. The van der Waals surface area contributed by atoms with Crippen LogP contribution < -0.4 is 5.32 Å². The van der Waals surface area contributed by atoms with Crippen molar-refractivity contribution >= 4 is 11.6 Å². The van der Waals surface area contributed by atoms with Gasteiger partial charge in [0.15, 0.2) is 0 Å². The molecule has 0 unspecified atom stereocenters. The zero-order valence-corrected chi connectivity index (χ0v) is 10.9. The van der Waals surface area contributed by atoms with Crippen molar-refractivity contribution in [2.45, 2.75) is 0 Å². The molecule has 0 aliphatic heterocycles. The van der Waals surface area contributed by atoms with Crippen LogP contribution in [0.5, 0.6) is 0 Å². The summed E-state index contributed by atoms with van der Waals surface area (Å²) in [5.74, 6) is -1.15. The topological polar surface area (TPSA) is 59.8 Å². The summed E-state index contributed by atoms with van der Waals surface area (Å²) in [6.45, 7) is 0. The number of carbonyl (C=O) groups excluding carboxylic acids is 1. The summed E-state index contributed by atoms with van der Waals surface area (Å²) < 4.78 is 14.7. The first kappa shape index (κ1) is 13.0. The van der Waals surface area contributed by atoms with Crippen LogP contribution in [0.15, 0.2) is 60.9 Å². The molecule has 0 aliphatic carbocycles. The second kappa shape index (κ2) is 5.54. The Bertz CT molecular complexity index is 771. The molecule has 2 aromatic heterocycles. The van der Waals surface area contributed by atoms with Gasteiger partial charge < -0.3 is 5.32 Å². The molecule has 6 heteroatoms. The molecule has 3 rings (SSSR count). The van der Waals surface area contributed by atoms with Crippen LogP contribution in [0.1, 0.15) is 10.5 Å². The predicted octanol–water partition coefficient (Wildman–Crippen LogP) is 2.66. The van der Waals surface area contributed by atoms with Crippen LogP contribution in [-0.4, -0.2) is 20.7 Å². The van der Waals surface area contributed by atoms with Crippen molar-refractivity contribution in [1.82, 2.24) is 14.8 Å². The number of halogens is 1. The summed E-state index contributed by atoms with van der Waals surface area (Å²) in [5, 5.41) is 6.80. The van der Waals surface area contributed by atoms with Crippen LogP contribution in [0.2, 0.25) is 0 Å². The third-order valence-electron chi connectivity index (χ3n) is 2.82. The number of aromatic nitrogens is 3. The largest absolute Gasteiger partial charge is 0.321 e. The maximum absolute atomic E-state index is 13.0. The van der Waals surface area contributed by atoms with Crippen LogP contribution in [-0.2, 0) is 0 Å². The third-order valence-corrected chi connectivity index (χ3v) is 2.82. The molecule has 104 valence electrons. The maximum Gasteiger partial charge on any atom is 0.274 e. The average Bonchev–Trinajstić information content (AvgIpc) is 3.02. The van der Waals surface area contributed by atoms with Gasteiger partial charge in [-0.05, 0) is 36.4 Å². The van der Waals surface area contributed by atoms with Gasteiger partial charge in [0.05, 0.1) is 5.69 Å². The molecule has 0 saturated heterocycles. The Morgan fingerprint density at radius 1 is 1.14 bits per heavy atom. The fraction of sp³-hybridized carbons (Fsp3) is 0. The van der Waals surface area contributed by atoms with Crippen LogP contribution in [0.3, 0.4) is 0 Å². The number of hydrogen-bond donors (Lipinski definition) is 1. The molecule has 21 heavy (non-hydrogen) atoms. The van der Waals surface area contributed by atoms with E-state index >= 15 is 0 Å². The lowest BCUT2D eigenvalue weighted by molar-refractivity contribution is 0.102. The van der Waals surface area contributed by atoms with Gasteiger partial charge in [0.2, 0.25) is 5.95 Å². The van der Waals surface area contributed by atoms with Crippen molar-refractivity contribution in [3.05, 3.63) is 72.6 Å². The number of nitrogens with one attached hydrogen (secondary N) is 1. The molecular weight excluding hydrogens is 271 g/mol. The molecule has 1 amide bonds.